The Morgan fingerprint density at radius 2 is 2.03 bits per heavy atom. The number of pyridine rings is 1. The second-order valence-electron chi connectivity index (χ2n) is 7.38. The van der Waals surface area contributed by atoms with E-state index >= 15 is 0 Å². The Kier molecular flexibility index (Phi) is 5.40. The number of imide groups is 1. The van der Waals surface area contributed by atoms with E-state index in [0.717, 1.165) is 18.4 Å². The van der Waals surface area contributed by atoms with E-state index in [1.54, 1.807) is 30.6 Å². The Morgan fingerprint density at radius 1 is 1.21 bits per heavy atom. The molecule has 1 unspecified atom stereocenters. The monoisotopic (exact) mass is 392 g/mol. The molecule has 0 saturated carbocycles. The number of carbonyl (C=O) groups is 3. The SMILES string of the molecule is CCCCN1C(=O)c2ccc(C(=O)N3CCNCC3c3cccnc3)cc2C1=O. The number of aromatic nitrogens is 1. The van der Waals surface area contributed by atoms with Crippen molar-refractivity contribution in [2.24, 2.45) is 0 Å². The molecule has 2 aromatic rings. The zero-order chi connectivity index (χ0) is 20.4. The molecule has 4 rings (SSSR count). The molecule has 2 aliphatic heterocycles. The summed E-state index contributed by atoms with van der Waals surface area (Å²) in [5, 5.41) is 3.32. The summed E-state index contributed by atoms with van der Waals surface area (Å²) in [5.41, 5.74) is 2.10. The highest BCUT2D eigenvalue weighted by Gasteiger charge is 2.36. The highest BCUT2D eigenvalue weighted by molar-refractivity contribution is 6.22. The maximum absolute atomic E-state index is 13.3. The molecule has 2 aliphatic rings. The van der Waals surface area contributed by atoms with Gasteiger partial charge in [-0.1, -0.05) is 19.4 Å². The van der Waals surface area contributed by atoms with Crippen molar-refractivity contribution in [2.75, 3.05) is 26.2 Å². The van der Waals surface area contributed by atoms with Crippen LogP contribution in [-0.4, -0.2) is 58.7 Å². The second kappa shape index (κ2) is 8.13. The maximum atomic E-state index is 13.3. The van der Waals surface area contributed by atoms with Crippen LogP contribution in [0.2, 0.25) is 0 Å². The molecule has 1 N–H and O–H groups in total. The van der Waals surface area contributed by atoms with Gasteiger partial charge in [0.2, 0.25) is 0 Å². The normalized spacial score (nSPS) is 18.9. The number of hydrogen-bond donors (Lipinski definition) is 1. The van der Waals surface area contributed by atoms with Gasteiger partial charge in [0.05, 0.1) is 17.2 Å². The molecule has 29 heavy (non-hydrogen) atoms. The van der Waals surface area contributed by atoms with Gasteiger partial charge in [0.25, 0.3) is 17.7 Å². The number of hydrogen-bond acceptors (Lipinski definition) is 5. The summed E-state index contributed by atoms with van der Waals surface area (Å²) in [6.07, 6.45) is 5.15. The summed E-state index contributed by atoms with van der Waals surface area (Å²) >= 11 is 0. The quantitative estimate of drug-likeness (QED) is 0.790. The summed E-state index contributed by atoms with van der Waals surface area (Å²) in [7, 11) is 0. The maximum Gasteiger partial charge on any atom is 0.261 e. The molecule has 1 aromatic heterocycles. The van der Waals surface area contributed by atoms with Crippen LogP contribution < -0.4 is 5.32 Å². The van der Waals surface area contributed by atoms with Crippen LogP contribution in [0.1, 0.15) is 62.4 Å². The van der Waals surface area contributed by atoms with E-state index in [0.29, 0.717) is 42.9 Å². The average Bonchev–Trinajstić information content (AvgIpc) is 3.01. The molecule has 0 radical (unpaired) electrons. The van der Waals surface area contributed by atoms with Crippen molar-refractivity contribution in [2.45, 2.75) is 25.8 Å². The predicted molar refractivity (Wildman–Crippen MR) is 108 cm³/mol. The van der Waals surface area contributed by atoms with Gasteiger partial charge < -0.3 is 10.2 Å². The molecule has 1 fully saturated rings. The number of carbonyl (C=O) groups excluding carboxylic acids is 3. The predicted octanol–water partition coefficient (Wildman–Crippen LogP) is 2.26. The van der Waals surface area contributed by atoms with E-state index < -0.39 is 0 Å². The van der Waals surface area contributed by atoms with Crippen LogP contribution in [0.15, 0.2) is 42.7 Å². The number of rotatable bonds is 5. The zero-order valence-corrected chi connectivity index (χ0v) is 16.4. The fourth-order valence-corrected chi connectivity index (χ4v) is 3.93. The van der Waals surface area contributed by atoms with Gasteiger partial charge >= 0.3 is 0 Å². The van der Waals surface area contributed by atoms with Crippen molar-refractivity contribution >= 4 is 17.7 Å². The molecule has 0 bridgehead atoms. The van der Waals surface area contributed by atoms with Crippen LogP contribution in [0.4, 0.5) is 0 Å². The van der Waals surface area contributed by atoms with Crippen molar-refractivity contribution in [1.82, 2.24) is 20.1 Å². The van der Waals surface area contributed by atoms with E-state index in [-0.39, 0.29) is 23.8 Å². The molecular formula is C22H24N4O3. The smallest absolute Gasteiger partial charge is 0.261 e. The molecule has 3 amide bonds. The number of fused-ring (bicyclic) bond motifs is 1. The molecule has 1 aromatic carbocycles. The molecule has 0 aliphatic carbocycles. The first-order chi connectivity index (χ1) is 14.1. The minimum atomic E-state index is -0.308. The molecule has 3 heterocycles. The Hall–Kier alpha value is -3.06. The molecule has 7 heteroatoms. The van der Waals surface area contributed by atoms with Crippen LogP contribution in [0.5, 0.6) is 0 Å². The Labute approximate surface area is 169 Å². The van der Waals surface area contributed by atoms with Gasteiger partial charge in [-0.2, -0.15) is 0 Å². The number of amides is 3. The molecule has 1 atom stereocenters. The van der Waals surface area contributed by atoms with Crippen molar-refractivity contribution < 1.29 is 14.4 Å². The van der Waals surface area contributed by atoms with Gasteiger partial charge in [-0.05, 0) is 36.2 Å². The number of nitrogens with zero attached hydrogens (tertiary/aromatic N) is 3. The fourth-order valence-electron chi connectivity index (χ4n) is 3.93. The highest BCUT2D eigenvalue weighted by Crippen LogP contribution is 2.27. The molecule has 7 nitrogen and oxygen atoms in total. The van der Waals surface area contributed by atoms with E-state index in [4.69, 9.17) is 0 Å². The van der Waals surface area contributed by atoms with Gasteiger partial charge in [-0.3, -0.25) is 24.3 Å². The lowest BCUT2D eigenvalue weighted by Crippen LogP contribution is -2.48. The van der Waals surface area contributed by atoms with Crippen LogP contribution >= 0.6 is 0 Å². The van der Waals surface area contributed by atoms with Gasteiger partial charge in [0.15, 0.2) is 0 Å². The third-order valence-electron chi connectivity index (χ3n) is 5.53. The van der Waals surface area contributed by atoms with Crippen molar-refractivity contribution in [3.63, 3.8) is 0 Å². The first kappa shape index (κ1) is 19.3. The lowest BCUT2D eigenvalue weighted by Gasteiger charge is -2.36. The summed E-state index contributed by atoms with van der Waals surface area (Å²) in [5.74, 6) is -0.722. The minimum Gasteiger partial charge on any atom is -0.329 e. The lowest BCUT2D eigenvalue weighted by atomic mass is 10.0. The third kappa shape index (κ3) is 3.53. The lowest BCUT2D eigenvalue weighted by molar-refractivity contribution is 0.0631. The molecule has 0 spiro atoms. The Bertz CT molecular complexity index is 944. The standard InChI is InChI=1S/C22H24N4O3/c1-2-3-10-26-21(28)17-7-6-15(12-18(17)22(26)29)20(27)25-11-9-24-14-19(25)16-5-4-8-23-13-16/h4-8,12-13,19,24H,2-3,9-11,14H2,1H3. The van der Waals surface area contributed by atoms with Crippen LogP contribution in [0.25, 0.3) is 0 Å². The fraction of sp³-hybridized carbons (Fsp3) is 0.364. The summed E-state index contributed by atoms with van der Waals surface area (Å²) < 4.78 is 0. The first-order valence-electron chi connectivity index (χ1n) is 10.0. The van der Waals surface area contributed by atoms with Crippen molar-refractivity contribution in [1.29, 1.82) is 0 Å². The van der Waals surface area contributed by atoms with Gasteiger partial charge in [-0.15, -0.1) is 0 Å². The first-order valence-corrected chi connectivity index (χ1v) is 10.0. The van der Waals surface area contributed by atoms with Crippen LogP contribution in [-0.2, 0) is 0 Å². The van der Waals surface area contributed by atoms with Crippen LogP contribution in [0.3, 0.4) is 0 Å². The topological polar surface area (TPSA) is 82.6 Å². The Balaban J connectivity index is 1.61. The van der Waals surface area contributed by atoms with E-state index in [1.807, 2.05) is 24.0 Å². The van der Waals surface area contributed by atoms with E-state index in [9.17, 15) is 14.4 Å². The number of piperazine rings is 1. The number of unbranched alkanes of at least 4 members (excludes halogenated alkanes) is 1. The van der Waals surface area contributed by atoms with Gasteiger partial charge in [0.1, 0.15) is 0 Å². The van der Waals surface area contributed by atoms with Crippen LogP contribution in [0, 0.1) is 0 Å². The molecule has 1 saturated heterocycles. The minimum absolute atomic E-state index is 0.128. The second-order valence-corrected chi connectivity index (χ2v) is 7.38. The Morgan fingerprint density at radius 3 is 2.79 bits per heavy atom. The summed E-state index contributed by atoms with van der Waals surface area (Å²) in [4.78, 5) is 45.8. The number of nitrogens with one attached hydrogen (secondary N) is 1. The van der Waals surface area contributed by atoms with Crippen molar-refractivity contribution in [3.05, 3.63) is 65.0 Å². The zero-order valence-electron chi connectivity index (χ0n) is 16.4. The average molecular weight is 392 g/mol. The largest absolute Gasteiger partial charge is 0.329 e. The van der Waals surface area contributed by atoms with Gasteiger partial charge in [0, 0.05) is 44.1 Å². The number of benzene rings is 1. The summed E-state index contributed by atoms with van der Waals surface area (Å²) in [6, 6.07) is 8.52. The van der Waals surface area contributed by atoms with Crippen molar-refractivity contribution in [3.8, 4) is 0 Å². The summed E-state index contributed by atoms with van der Waals surface area (Å²) in [6.45, 7) is 4.33. The van der Waals surface area contributed by atoms with Gasteiger partial charge in [-0.25, -0.2) is 0 Å². The highest BCUT2D eigenvalue weighted by atomic mass is 16.2. The molecule has 150 valence electrons. The van der Waals surface area contributed by atoms with E-state index in [2.05, 4.69) is 10.3 Å². The molecular weight excluding hydrogens is 368 g/mol. The third-order valence-corrected chi connectivity index (χ3v) is 5.53. The van der Waals surface area contributed by atoms with E-state index in [1.165, 1.54) is 4.90 Å².